The van der Waals surface area contributed by atoms with Crippen molar-refractivity contribution in [2.45, 2.75) is 26.6 Å². The Morgan fingerprint density at radius 3 is 2.52 bits per heavy atom. The molecule has 1 aromatic heterocycles. The molecule has 0 aliphatic rings. The molecule has 1 aromatic carbocycles. The molecule has 2 aromatic rings. The van der Waals surface area contributed by atoms with E-state index in [0.29, 0.717) is 11.0 Å². The van der Waals surface area contributed by atoms with Gasteiger partial charge in [0.15, 0.2) is 0 Å². The van der Waals surface area contributed by atoms with Crippen LogP contribution in [0.25, 0.3) is 0 Å². The molecular formula is C14H17ClN4O2. The van der Waals surface area contributed by atoms with E-state index in [4.69, 9.17) is 21.1 Å². The van der Waals surface area contributed by atoms with Crippen molar-refractivity contribution >= 4 is 17.5 Å². The molecule has 0 radical (unpaired) electrons. The maximum atomic E-state index is 6.08. The van der Waals surface area contributed by atoms with Crippen LogP contribution in [0.2, 0.25) is 5.02 Å². The largest absolute Gasteiger partial charge is 0.461 e. The summed E-state index contributed by atoms with van der Waals surface area (Å²) in [6, 6.07) is 7.85. The highest BCUT2D eigenvalue weighted by Crippen LogP contribution is 2.18. The molecule has 0 saturated carbocycles. The average molecular weight is 309 g/mol. The van der Waals surface area contributed by atoms with Crippen molar-refractivity contribution in [2.24, 2.45) is 0 Å². The van der Waals surface area contributed by atoms with Crippen LogP contribution in [-0.2, 0) is 6.61 Å². The molecular weight excluding hydrogens is 292 g/mol. The summed E-state index contributed by atoms with van der Waals surface area (Å²) in [7, 11) is 1.71. The monoisotopic (exact) mass is 308 g/mol. The van der Waals surface area contributed by atoms with Gasteiger partial charge in [-0.15, -0.1) is 4.98 Å². The zero-order valence-electron chi connectivity index (χ0n) is 12.1. The molecule has 1 heterocycles. The topological polar surface area (TPSA) is 69.2 Å². The summed E-state index contributed by atoms with van der Waals surface area (Å²) < 4.78 is 11.0. The molecule has 7 heteroatoms. The second-order valence-electron chi connectivity index (χ2n) is 4.52. The van der Waals surface area contributed by atoms with Gasteiger partial charge in [-0.2, -0.15) is 9.97 Å². The van der Waals surface area contributed by atoms with E-state index in [-0.39, 0.29) is 24.7 Å². The SMILES string of the molecule is CNc1nc(OCc2ccccc2Cl)nc(OC(C)C)n1. The van der Waals surface area contributed by atoms with Crippen molar-refractivity contribution in [3.63, 3.8) is 0 Å². The highest BCUT2D eigenvalue weighted by Gasteiger charge is 2.10. The van der Waals surface area contributed by atoms with E-state index in [2.05, 4.69) is 20.3 Å². The van der Waals surface area contributed by atoms with Crippen molar-refractivity contribution < 1.29 is 9.47 Å². The average Bonchev–Trinajstić information content (AvgIpc) is 2.45. The van der Waals surface area contributed by atoms with Crippen LogP contribution in [0.4, 0.5) is 5.95 Å². The Hall–Kier alpha value is -2.08. The quantitative estimate of drug-likeness (QED) is 0.885. The van der Waals surface area contributed by atoms with E-state index < -0.39 is 0 Å². The first-order chi connectivity index (χ1) is 10.1. The van der Waals surface area contributed by atoms with Crippen LogP contribution in [0.3, 0.4) is 0 Å². The number of nitrogens with zero attached hydrogens (tertiary/aromatic N) is 3. The van der Waals surface area contributed by atoms with E-state index in [1.165, 1.54) is 0 Å². The maximum absolute atomic E-state index is 6.08. The van der Waals surface area contributed by atoms with Crippen LogP contribution in [-0.4, -0.2) is 28.1 Å². The Morgan fingerprint density at radius 1 is 1.14 bits per heavy atom. The fraction of sp³-hybridized carbons (Fsp3) is 0.357. The molecule has 21 heavy (non-hydrogen) atoms. The fourth-order valence-electron chi connectivity index (χ4n) is 1.54. The Balaban J connectivity index is 2.13. The zero-order chi connectivity index (χ0) is 15.2. The van der Waals surface area contributed by atoms with Gasteiger partial charge in [0.05, 0.1) is 6.10 Å². The summed E-state index contributed by atoms with van der Waals surface area (Å²) in [5.74, 6) is 0.384. The molecule has 112 valence electrons. The number of hydrogen-bond acceptors (Lipinski definition) is 6. The molecule has 0 saturated heterocycles. The Bertz CT molecular complexity index is 607. The van der Waals surface area contributed by atoms with E-state index in [1.807, 2.05) is 32.0 Å². The Kier molecular flexibility index (Phi) is 5.16. The second kappa shape index (κ2) is 7.08. The highest BCUT2D eigenvalue weighted by molar-refractivity contribution is 6.31. The molecule has 0 unspecified atom stereocenters. The third kappa shape index (κ3) is 4.46. The minimum atomic E-state index is -0.0338. The highest BCUT2D eigenvalue weighted by atomic mass is 35.5. The Labute approximate surface area is 128 Å². The lowest BCUT2D eigenvalue weighted by molar-refractivity contribution is 0.211. The Morgan fingerprint density at radius 2 is 1.86 bits per heavy atom. The minimum absolute atomic E-state index is 0.0338. The van der Waals surface area contributed by atoms with Crippen LogP contribution < -0.4 is 14.8 Å². The molecule has 0 bridgehead atoms. The summed E-state index contributed by atoms with van der Waals surface area (Å²) in [6.45, 7) is 4.06. The van der Waals surface area contributed by atoms with Gasteiger partial charge in [-0.3, -0.25) is 0 Å². The van der Waals surface area contributed by atoms with Crippen molar-refractivity contribution in [1.29, 1.82) is 0 Å². The first kappa shape index (κ1) is 15.3. The van der Waals surface area contributed by atoms with E-state index >= 15 is 0 Å². The third-order valence-corrected chi connectivity index (χ3v) is 2.84. The van der Waals surface area contributed by atoms with Gasteiger partial charge in [-0.05, 0) is 19.9 Å². The molecule has 0 aliphatic carbocycles. The van der Waals surface area contributed by atoms with Gasteiger partial charge in [0, 0.05) is 17.6 Å². The normalized spacial score (nSPS) is 10.5. The number of hydrogen-bond donors (Lipinski definition) is 1. The lowest BCUT2D eigenvalue weighted by Gasteiger charge is -2.11. The lowest BCUT2D eigenvalue weighted by atomic mass is 10.2. The predicted octanol–water partition coefficient (Wildman–Crippen LogP) is 2.93. The standard InChI is InChI=1S/C14H17ClN4O2/c1-9(2)21-14-18-12(16-3)17-13(19-14)20-8-10-6-4-5-7-11(10)15/h4-7,9H,8H2,1-3H3,(H,16,17,18,19). The number of nitrogens with one attached hydrogen (secondary N) is 1. The number of aromatic nitrogens is 3. The summed E-state index contributed by atoms with van der Waals surface area (Å²) in [4.78, 5) is 12.3. The molecule has 0 spiro atoms. The van der Waals surface area contributed by atoms with Gasteiger partial charge < -0.3 is 14.8 Å². The summed E-state index contributed by atoms with van der Waals surface area (Å²) >= 11 is 6.08. The number of halogens is 1. The van der Waals surface area contributed by atoms with Crippen molar-refractivity contribution in [3.8, 4) is 12.0 Å². The molecule has 0 atom stereocenters. The summed E-state index contributed by atoms with van der Waals surface area (Å²) in [5.41, 5.74) is 0.858. The van der Waals surface area contributed by atoms with Gasteiger partial charge in [-0.1, -0.05) is 29.8 Å². The van der Waals surface area contributed by atoms with Gasteiger partial charge in [-0.25, -0.2) is 0 Å². The van der Waals surface area contributed by atoms with Crippen molar-refractivity contribution in [2.75, 3.05) is 12.4 Å². The maximum Gasteiger partial charge on any atom is 0.324 e. The third-order valence-electron chi connectivity index (χ3n) is 2.47. The van der Waals surface area contributed by atoms with E-state index in [9.17, 15) is 0 Å². The first-order valence-corrected chi connectivity index (χ1v) is 6.93. The lowest BCUT2D eigenvalue weighted by Crippen LogP contribution is -2.11. The van der Waals surface area contributed by atoms with Crippen LogP contribution in [0, 0.1) is 0 Å². The molecule has 6 nitrogen and oxygen atoms in total. The summed E-state index contributed by atoms with van der Waals surface area (Å²) in [5, 5.41) is 3.48. The number of anilines is 1. The van der Waals surface area contributed by atoms with Gasteiger partial charge in [0.25, 0.3) is 0 Å². The van der Waals surface area contributed by atoms with Crippen LogP contribution >= 0.6 is 11.6 Å². The van der Waals surface area contributed by atoms with Crippen LogP contribution in [0.5, 0.6) is 12.0 Å². The molecule has 0 fully saturated rings. The predicted molar refractivity (Wildman–Crippen MR) is 80.9 cm³/mol. The van der Waals surface area contributed by atoms with Gasteiger partial charge in [0.2, 0.25) is 5.95 Å². The molecule has 1 N–H and O–H groups in total. The van der Waals surface area contributed by atoms with Gasteiger partial charge in [0.1, 0.15) is 6.61 Å². The first-order valence-electron chi connectivity index (χ1n) is 6.55. The van der Waals surface area contributed by atoms with Gasteiger partial charge >= 0.3 is 12.0 Å². The van der Waals surface area contributed by atoms with Crippen LogP contribution in [0.15, 0.2) is 24.3 Å². The van der Waals surface area contributed by atoms with E-state index in [0.717, 1.165) is 5.56 Å². The smallest absolute Gasteiger partial charge is 0.324 e. The zero-order valence-corrected chi connectivity index (χ0v) is 12.9. The number of benzene rings is 1. The number of ether oxygens (including phenoxy) is 2. The molecule has 2 rings (SSSR count). The molecule has 0 amide bonds. The van der Waals surface area contributed by atoms with Crippen molar-refractivity contribution in [1.82, 2.24) is 15.0 Å². The summed E-state index contributed by atoms with van der Waals surface area (Å²) in [6.07, 6.45) is -0.0338. The molecule has 0 aliphatic heterocycles. The second-order valence-corrected chi connectivity index (χ2v) is 4.93. The number of rotatable bonds is 6. The van der Waals surface area contributed by atoms with E-state index in [1.54, 1.807) is 13.1 Å². The fourth-order valence-corrected chi connectivity index (χ4v) is 1.73. The van der Waals surface area contributed by atoms with Crippen LogP contribution in [0.1, 0.15) is 19.4 Å². The minimum Gasteiger partial charge on any atom is -0.461 e. The van der Waals surface area contributed by atoms with Crippen molar-refractivity contribution in [3.05, 3.63) is 34.9 Å².